The molecule has 1 aliphatic rings. The van der Waals surface area contributed by atoms with Crippen LogP contribution in [-0.2, 0) is 14.9 Å². The molecule has 0 amide bonds. The third-order valence-corrected chi connectivity index (χ3v) is 3.91. The molecule has 1 saturated carbocycles. The maximum atomic E-state index is 11.6. The van der Waals surface area contributed by atoms with Crippen molar-refractivity contribution in [1.29, 1.82) is 0 Å². The smallest absolute Gasteiger partial charge is 0.318 e. The summed E-state index contributed by atoms with van der Waals surface area (Å²) in [5.41, 5.74) is 0.678. The van der Waals surface area contributed by atoms with E-state index in [1.807, 2.05) is 5.38 Å². The van der Waals surface area contributed by atoms with Crippen LogP contribution in [0.2, 0.25) is 0 Å². The number of esters is 1. The molecule has 0 aliphatic heterocycles. The fraction of sp³-hybridized carbons (Fsp3) is 0.636. The summed E-state index contributed by atoms with van der Waals surface area (Å²) < 4.78 is 4.83. The van der Waals surface area contributed by atoms with E-state index >= 15 is 0 Å². The van der Waals surface area contributed by atoms with Gasteiger partial charge in [-0.25, -0.2) is 4.98 Å². The lowest BCUT2D eigenvalue weighted by molar-refractivity contribution is -0.143. The van der Waals surface area contributed by atoms with Crippen LogP contribution in [-0.4, -0.2) is 18.1 Å². The van der Waals surface area contributed by atoms with Crippen molar-refractivity contribution >= 4 is 17.3 Å². The van der Waals surface area contributed by atoms with E-state index in [1.165, 1.54) is 7.11 Å². The molecule has 0 spiro atoms. The number of hydrogen-bond acceptors (Lipinski definition) is 4. The lowest BCUT2D eigenvalue weighted by Gasteiger charge is -2.08. The Morgan fingerprint density at radius 3 is 2.67 bits per heavy atom. The van der Waals surface area contributed by atoms with E-state index in [4.69, 9.17) is 4.74 Å². The molecule has 82 valence electrons. The van der Waals surface area contributed by atoms with Gasteiger partial charge < -0.3 is 4.74 Å². The number of aromatic nitrogens is 1. The number of rotatable bonds is 3. The Morgan fingerprint density at radius 2 is 2.27 bits per heavy atom. The maximum absolute atomic E-state index is 11.6. The van der Waals surface area contributed by atoms with E-state index in [0.29, 0.717) is 5.92 Å². The molecule has 0 bridgehead atoms. The van der Waals surface area contributed by atoms with Gasteiger partial charge >= 0.3 is 5.97 Å². The second kappa shape index (κ2) is 3.59. The number of carbonyl (C=O) groups excluding carboxylic acids is 1. The maximum Gasteiger partial charge on any atom is 0.318 e. The molecule has 1 fully saturated rings. The van der Waals surface area contributed by atoms with Crippen molar-refractivity contribution in [3.63, 3.8) is 0 Å². The van der Waals surface area contributed by atoms with Gasteiger partial charge in [0.05, 0.1) is 12.8 Å². The summed E-state index contributed by atoms with van der Waals surface area (Å²) in [7, 11) is 1.44. The highest BCUT2D eigenvalue weighted by Crippen LogP contribution is 2.50. The molecule has 2 rings (SSSR count). The van der Waals surface area contributed by atoms with Crippen LogP contribution >= 0.6 is 11.3 Å². The molecule has 0 N–H and O–H groups in total. The highest BCUT2D eigenvalue weighted by Gasteiger charge is 2.55. The average molecular weight is 225 g/mol. The van der Waals surface area contributed by atoms with Crippen LogP contribution in [0.4, 0.5) is 0 Å². The highest BCUT2D eigenvalue weighted by atomic mass is 32.1. The second-order valence-corrected chi connectivity index (χ2v) is 5.16. The van der Waals surface area contributed by atoms with E-state index in [2.05, 4.69) is 18.8 Å². The first kappa shape index (κ1) is 10.6. The summed E-state index contributed by atoms with van der Waals surface area (Å²) in [6, 6.07) is 0. The number of hydrogen-bond donors (Lipinski definition) is 0. The minimum Gasteiger partial charge on any atom is -0.468 e. The predicted molar refractivity (Wildman–Crippen MR) is 59.1 cm³/mol. The standard InChI is InChI=1S/C11H15NO2S/c1-7(2)8-6-15-9(12-8)11(4-5-11)10(13)14-3/h6-7H,4-5H2,1-3H3. The van der Waals surface area contributed by atoms with Crippen LogP contribution in [0.1, 0.15) is 43.3 Å². The van der Waals surface area contributed by atoms with Crippen molar-refractivity contribution in [2.45, 2.75) is 38.0 Å². The minimum atomic E-state index is -0.396. The quantitative estimate of drug-likeness (QED) is 0.742. The van der Waals surface area contributed by atoms with Crippen molar-refractivity contribution in [1.82, 2.24) is 4.98 Å². The van der Waals surface area contributed by atoms with Gasteiger partial charge in [0.2, 0.25) is 0 Å². The fourth-order valence-corrected chi connectivity index (χ4v) is 2.83. The normalized spacial score (nSPS) is 17.9. The van der Waals surface area contributed by atoms with Gasteiger partial charge in [-0.2, -0.15) is 0 Å². The molecular formula is C11H15NO2S. The van der Waals surface area contributed by atoms with Crippen LogP contribution in [0.5, 0.6) is 0 Å². The van der Waals surface area contributed by atoms with Gasteiger partial charge in [0.15, 0.2) is 0 Å². The number of carbonyl (C=O) groups is 1. The molecule has 1 aromatic rings. The molecule has 4 heteroatoms. The molecule has 3 nitrogen and oxygen atoms in total. The minimum absolute atomic E-state index is 0.132. The monoisotopic (exact) mass is 225 g/mol. The van der Waals surface area contributed by atoms with Crippen molar-refractivity contribution < 1.29 is 9.53 Å². The van der Waals surface area contributed by atoms with Gasteiger partial charge in [-0.3, -0.25) is 4.79 Å². The highest BCUT2D eigenvalue weighted by molar-refractivity contribution is 7.10. The van der Waals surface area contributed by atoms with Gasteiger partial charge in [0.1, 0.15) is 10.4 Å². The topological polar surface area (TPSA) is 39.2 Å². The number of ether oxygens (including phenoxy) is 1. The Balaban J connectivity index is 2.26. The predicted octanol–water partition coefficient (Wildman–Crippen LogP) is 2.47. The van der Waals surface area contributed by atoms with E-state index in [-0.39, 0.29) is 5.97 Å². The van der Waals surface area contributed by atoms with Crippen molar-refractivity contribution in [2.75, 3.05) is 7.11 Å². The molecule has 1 aromatic heterocycles. The lowest BCUT2D eigenvalue weighted by Crippen LogP contribution is -2.21. The van der Waals surface area contributed by atoms with Gasteiger partial charge in [0, 0.05) is 5.38 Å². The van der Waals surface area contributed by atoms with Crippen molar-refractivity contribution in [3.05, 3.63) is 16.1 Å². The summed E-state index contributed by atoms with van der Waals surface area (Å²) >= 11 is 1.58. The van der Waals surface area contributed by atoms with Gasteiger partial charge in [0.25, 0.3) is 0 Å². The molecule has 0 radical (unpaired) electrons. The number of methoxy groups -OCH3 is 1. The number of nitrogens with zero attached hydrogens (tertiary/aromatic N) is 1. The third-order valence-electron chi connectivity index (χ3n) is 2.85. The van der Waals surface area contributed by atoms with Gasteiger partial charge in [-0.05, 0) is 18.8 Å². The Bertz CT molecular complexity index is 380. The molecule has 1 aliphatic carbocycles. The van der Waals surface area contributed by atoms with Crippen molar-refractivity contribution in [2.24, 2.45) is 0 Å². The van der Waals surface area contributed by atoms with Crippen LogP contribution < -0.4 is 0 Å². The molecule has 0 atom stereocenters. The zero-order valence-corrected chi connectivity index (χ0v) is 10.1. The van der Waals surface area contributed by atoms with Crippen LogP contribution in [0.15, 0.2) is 5.38 Å². The van der Waals surface area contributed by atoms with E-state index in [1.54, 1.807) is 11.3 Å². The van der Waals surface area contributed by atoms with E-state index in [0.717, 1.165) is 23.5 Å². The Morgan fingerprint density at radius 1 is 1.60 bits per heavy atom. The van der Waals surface area contributed by atoms with Crippen LogP contribution in [0.3, 0.4) is 0 Å². The molecule has 0 unspecified atom stereocenters. The fourth-order valence-electron chi connectivity index (χ4n) is 1.60. The molecule has 1 heterocycles. The summed E-state index contributed by atoms with van der Waals surface area (Å²) in [5.74, 6) is 0.288. The molecule has 0 saturated heterocycles. The summed E-state index contributed by atoms with van der Waals surface area (Å²) in [6.07, 6.45) is 1.76. The Labute approximate surface area is 93.5 Å². The lowest BCUT2D eigenvalue weighted by atomic mass is 10.1. The zero-order valence-electron chi connectivity index (χ0n) is 9.24. The largest absolute Gasteiger partial charge is 0.468 e. The van der Waals surface area contributed by atoms with Crippen molar-refractivity contribution in [3.8, 4) is 0 Å². The SMILES string of the molecule is COC(=O)C1(c2nc(C(C)C)cs2)CC1. The third kappa shape index (κ3) is 1.67. The summed E-state index contributed by atoms with van der Waals surface area (Å²) in [5, 5.41) is 2.97. The Hall–Kier alpha value is -0.900. The zero-order chi connectivity index (χ0) is 11.1. The molecule has 0 aromatic carbocycles. The first-order chi connectivity index (χ1) is 7.10. The second-order valence-electron chi connectivity index (χ2n) is 4.31. The Kier molecular flexibility index (Phi) is 2.54. The number of thiazole rings is 1. The van der Waals surface area contributed by atoms with Crippen LogP contribution in [0.25, 0.3) is 0 Å². The van der Waals surface area contributed by atoms with E-state index < -0.39 is 5.41 Å². The van der Waals surface area contributed by atoms with Gasteiger partial charge in [-0.1, -0.05) is 13.8 Å². The first-order valence-electron chi connectivity index (χ1n) is 5.14. The molecule has 15 heavy (non-hydrogen) atoms. The van der Waals surface area contributed by atoms with Crippen LogP contribution in [0, 0.1) is 0 Å². The van der Waals surface area contributed by atoms with Gasteiger partial charge in [-0.15, -0.1) is 11.3 Å². The molecular weight excluding hydrogens is 210 g/mol. The first-order valence-corrected chi connectivity index (χ1v) is 6.02. The summed E-state index contributed by atoms with van der Waals surface area (Å²) in [4.78, 5) is 16.2. The summed E-state index contributed by atoms with van der Waals surface area (Å²) in [6.45, 7) is 4.22. The van der Waals surface area contributed by atoms with E-state index in [9.17, 15) is 4.79 Å². The average Bonchev–Trinajstić information content (AvgIpc) is 2.87.